The van der Waals surface area contributed by atoms with Crippen molar-refractivity contribution in [1.82, 2.24) is 26.3 Å². The summed E-state index contributed by atoms with van der Waals surface area (Å²) in [7, 11) is 0. The lowest BCUT2D eigenvalue weighted by Gasteiger charge is -2.38. The second-order valence-electron chi connectivity index (χ2n) is 11.2. The average molecular weight is 592 g/mol. The van der Waals surface area contributed by atoms with E-state index in [2.05, 4.69) is 16.0 Å². The second-order valence-corrected chi connectivity index (χ2v) is 11.2. The number of benzene rings is 2. The number of carbonyl (C=O) groups excluding carboxylic acids is 5. The van der Waals surface area contributed by atoms with E-state index in [-0.39, 0.29) is 31.6 Å². The zero-order chi connectivity index (χ0) is 30.6. The number of fused-ring (bicyclic) bond motifs is 1. The number of hydrogen-bond donors (Lipinski definition) is 5. The average Bonchev–Trinajstić information content (AvgIpc) is 3.03. The summed E-state index contributed by atoms with van der Waals surface area (Å²) in [6, 6.07) is 15.1. The number of hydroxylamine groups is 1. The van der Waals surface area contributed by atoms with Crippen LogP contribution < -0.4 is 21.4 Å². The number of nitrogens with zero attached hydrogens (tertiary/aromatic N) is 1. The number of unbranched alkanes of at least 4 members (excludes halogenated alkanes) is 2. The van der Waals surface area contributed by atoms with Crippen LogP contribution in [0.3, 0.4) is 0 Å². The third kappa shape index (κ3) is 9.12. The summed E-state index contributed by atoms with van der Waals surface area (Å²) < 4.78 is 0. The van der Waals surface area contributed by atoms with Gasteiger partial charge in [-0.3, -0.25) is 29.2 Å². The fraction of sp³-hybridized carbons (Fsp3) is 0.469. The summed E-state index contributed by atoms with van der Waals surface area (Å²) in [4.78, 5) is 68.0. The Labute approximate surface area is 251 Å². The summed E-state index contributed by atoms with van der Waals surface area (Å²) in [5.74, 6) is -2.15. The van der Waals surface area contributed by atoms with Gasteiger partial charge in [-0.15, -0.1) is 0 Å². The lowest BCUT2D eigenvalue weighted by molar-refractivity contribution is -0.146. The summed E-state index contributed by atoms with van der Waals surface area (Å²) in [5, 5.41) is 17.4. The van der Waals surface area contributed by atoms with Gasteiger partial charge in [-0.1, -0.05) is 73.5 Å². The van der Waals surface area contributed by atoms with Crippen LogP contribution in [0.2, 0.25) is 0 Å². The fourth-order valence-corrected chi connectivity index (χ4v) is 5.73. The van der Waals surface area contributed by atoms with E-state index >= 15 is 0 Å². The molecule has 2 saturated heterocycles. The van der Waals surface area contributed by atoms with E-state index in [4.69, 9.17) is 5.21 Å². The molecule has 43 heavy (non-hydrogen) atoms. The lowest BCUT2D eigenvalue weighted by atomic mass is 9.96. The Hall–Kier alpha value is -4.25. The van der Waals surface area contributed by atoms with Crippen LogP contribution in [-0.2, 0) is 36.8 Å². The molecule has 11 heteroatoms. The first-order valence-electron chi connectivity index (χ1n) is 15.1. The van der Waals surface area contributed by atoms with Crippen LogP contribution in [0.5, 0.6) is 0 Å². The summed E-state index contributed by atoms with van der Waals surface area (Å²) in [6.07, 6.45) is 4.47. The van der Waals surface area contributed by atoms with E-state index in [9.17, 15) is 24.0 Å². The highest BCUT2D eigenvalue weighted by molar-refractivity contribution is 5.97. The Morgan fingerprint density at radius 3 is 1.98 bits per heavy atom. The number of piperidine rings is 1. The van der Waals surface area contributed by atoms with Gasteiger partial charge >= 0.3 is 0 Å². The van der Waals surface area contributed by atoms with Crippen LogP contribution >= 0.6 is 0 Å². The first kappa shape index (κ1) is 31.7. The van der Waals surface area contributed by atoms with Crippen LogP contribution in [0.25, 0.3) is 0 Å². The minimum Gasteiger partial charge on any atom is -0.343 e. The van der Waals surface area contributed by atoms with Crippen molar-refractivity contribution in [2.45, 2.75) is 88.4 Å². The molecule has 0 radical (unpaired) electrons. The lowest BCUT2D eigenvalue weighted by Crippen LogP contribution is -2.63. The van der Waals surface area contributed by atoms with Gasteiger partial charge in [0.15, 0.2) is 0 Å². The molecule has 2 aliphatic rings. The summed E-state index contributed by atoms with van der Waals surface area (Å²) >= 11 is 0. The van der Waals surface area contributed by atoms with Crippen LogP contribution in [0.15, 0.2) is 60.7 Å². The van der Waals surface area contributed by atoms with E-state index in [0.29, 0.717) is 32.2 Å². The SMILES string of the molecule is O=C(CCCCCC1NC(=O)C2CCCCN2C(=O)C(Cc2ccccc2)NC(=O)C(Cc2ccccc2)NC1=O)NO. The van der Waals surface area contributed by atoms with E-state index in [1.807, 2.05) is 60.7 Å². The maximum atomic E-state index is 14.0. The van der Waals surface area contributed by atoms with Crippen LogP contribution in [0.1, 0.15) is 62.5 Å². The first-order chi connectivity index (χ1) is 20.9. The molecule has 0 spiro atoms. The molecular weight excluding hydrogens is 550 g/mol. The van der Waals surface area contributed by atoms with E-state index in [1.165, 1.54) is 0 Å². The second kappa shape index (κ2) is 15.8. The Morgan fingerprint density at radius 2 is 1.33 bits per heavy atom. The smallest absolute Gasteiger partial charge is 0.246 e. The predicted molar refractivity (Wildman–Crippen MR) is 158 cm³/mol. The standard InChI is InChI=1S/C32H41N5O6/c38-28(36-43)18-9-3-8-16-24-29(39)34-25(20-22-12-4-1-5-13-22)30(40)35-26(21-23-14-6-2-7-15-23)32(42)37-19-11-10-17-27(37)31(41)33-24/h1-2,4-7,12-15,24-27,43H,3,8-11,16-21H2,(H,33,41)(H,34,39)(H,35,40)(H,36,38). The third-order valence-electron chi connectivity index (χ3n) is 8.06. The Morgan fingerprint density at radius 1 is 0.744 bits per heavy atom. The maximum absolute atomic E-state index is 14.0. The molecule has 5 amide bonds. The van der Waals surface area contributed by atoms with Crippen molar-refractivity contribution in [3.05, 3.63) is 71.8 Å². The van der Waals surface area contributed by atoms with Crippen molar-refractivity contribution in [2.75, 3.05) is 6.54 Å². The molecule has 2 fully saturated rings. The van der Waals surface area contributed by atoms with Crippen LogP contribution in [-0.4, -0.2) is 70.4 Å². The molecule has 2 aliphatic heterocycles. The van der Waals surface area contributed by atoms with Gasteiger partial charge in [0, 0.05) is 25.8 Å². The van der Waals surface area contributed by atoms with Gasteiger partial charge in [-0.05, 0) is 43.2 Å². The van der Waals surface area contributed by atoms with Crippen molar-refractivity contribution in [3.63, 3.8) is 0 Å². The maximum Gasteiger partial charge on any atom is 0.246 e. The van der Waals surface area contributed by atoms with Gasteiger partial charge in [-0.2, -0.15) is 0 Å². The molecule has 2 heterocycles. The molecule has 4 rings (SSSR count). The molecule has 0 bridgehead atoms. The topological polar surface area (TPSA) is 157 Å². The predicted octanol–water partition coefficient (Wildman–Crippen LogP) is 1.78. The zero-order valence-electron chi connectivity index (χ0n) is 24.3. The Balaban J connectivity index is 1.61. The van der Waals surface area contributed by atoms with Gasteiger partial charge in [0.2, 0.25) is 29.5 Å². The number of rotatable bonds is 10. The van der Waals surface area contributed by atoms with E-state index in [0.717, 1.165) is 24.0 Å². The van der Waals surface area contributed by atoms with Gasteiger partial charge in [0.1, 0.15) is 24.2 Å². The minimum atomic E-state index is -0.981. The van der Waals surface area contributed by atoms with Gasteiger partial charge < -0.3 is 20.9 Å². The Bertz CT molecular complexity index is 1260. The third-order valence-corrected chi connectivity index (χ3v) is 8.06. The van der Waals surface area contributed by atoms with E-state index in [1.54, 1.807) is 10.4 Å². The van der Waals surface area contributed by atoms with Crippen molar-refractivity contribution in [2.24, 2.45) is 0 Å². The minimum absolute atomic E-state index is 0.141. The van der Waals surface area contributed by atoms with Crippen molar-refractivity contribution in [3.8, 4) is 0 Å². The number of hydrogen-bond acceptors (Lipinski definition) is 6. The monoisotopic (exact) mass is 591 g/mol. The fourth-order valence-electron chi connectivity index (χ4n) is 5.73. The molecule has 0 aliphatic carbocycles. The molecule has 230 valence electrons. The number of carbonyl (C=O) groups is 5. The quantitative estimate of drug-likeness (QED) is 0.161. The molecular formula is C32H41N5O6. The summed E-state index contributed by atoms with van der Waals surface area (Å²) in [6.45, 7) is 0.384. The Kier molecular flexibility index (Phi) is 11.7. The molecule has 2 aromatic carbocycles. The molecule has 11 nitrogen and oxygen atoms in total. The van der Waals surface area contributed by atoms with Crippen LogP contribution in [0.4, 0.5) is 0 Å². The van der Waals surface area contributed by atoms with Gasteiger partial charge in [0.05, 0.1) is 0 Å². The van der Waals surface area contributed by atoms with Crippen molar-refractivity contribution >= 4 is 29.5 Å². The molecule has 2 aromatic rings. The molecule has 5 N–H and O–H groups in total. The molecule has 0 aromatic heterocycles. The zero-order valence-corrected chi connectivity index (χ0v) is 24.3. The van der Waals surface area contributed by atoms with Gasteiger partial charge in [0.25, 0.3) is 0 Å². The molecule has 4 atom stereocenters. The normalized spacial score (nSPS) is 23.1. The summed E-state index contributed by atoms with van der Waals surface area (Å²) in [5.41, 5.74) is 3.30. The highest BCUT2D eigenvalue weighted by atomic mass is 16.5. The highest BCUT2D eigenvalue weighted by Crippen LogP contribution is 2.21. The molecule has 4 unspecified atom stereocenters. The number of amides is 5. The van der Waals surface area contributed by atoms with E-state index < -0.39 is 47.8 Å². The van der Waals surface area contributed by atoms with Crippen molar-refractivity contribution in [1.29, 1.82) is 0 Å². The highest BCUT2D eigenvalue weighted by Gasteiger charge is 2.39. The van der Waals surface area contributed by atoms with Crippen LogP contribution in [0, 0.1) is 0 Å². The first-order valence-corrected chi connectivity index (χ1v) is 15.1. The van der Waals surface area contributed by atoms with Gasteiger partial charge in [-0.25, -0.2) is 5.48 Å². The number of nitrogens with one attached hydrogen (secondary N) is 4. The largest absolute Gasteiger partial charge is 0.343 e. The molecule has 0 saturated carbocycles. The van der Waals surface area contributed by atoms with Crippen molar-refractivity contribution < 1.29 is 29.2 Å².